The third kappa shape index (κ3) is 4.24. The monoisotopic (exact) mass is 689 g/mol. The van der Waals surface area contributed by atoms with Crippen LogP contribution in [0.15, 0.2) is 18.2 Å². The first-order valence-electron chi connectivity index (χ1n) is 17.3. The molecule has 1 heterocycles. The van der Waals surface area contributed by atoms with E-state index in [9.17, 15) is 19.8 Å². The Hall–Kier alpha value is -2.52. The Bertz CT molecular complexity index is 1480. The van der Waals surface area contributed by atoms with Crippen LogP contribution >= 0.6 is 0 Å². The van der Waals surface area contributed by atoms with Crippen molar-refractivity contribution in [1.82, 2.24) is 4.90 Å². The molecule has 0 radical (unpaired) electrons. The molecule has 7 bridgehead atoms. The van der Waals surface area contributed by atoms with Gasteiger partial charge in [-0.2, -0.15) is 0 Å². The van der Waals surface area contributed by atoms with Crippen LogP contribution in [-0.2, 0) is 33.2 Å². The van der Waals surface area contributed by atoms with Gasteiger partial charge in [-0.05, 0) is 37.1 Å². The molecule has 6 fully saturated rings. The zero-order chi connectivity index (χ0) is 35.3. The second-order valence-electron chi connectivity index (χ2n) is 15.1. The Labute approximate surface area is 287 Å². The molecule has 13 heteroatoms. The highest BCUT2D eigenvalue weighted by molar-refractivity contribution is 5.90. The van der Waals surface area contributed by atoms with Crippen LogP contribution in [0, 0.1) is 34.5 Å². The van der Waals surface area contributed by atoms with E-state index in [0.29, 0.717) is 31.0 Å². The summed E-state index contributed by atoms with van der Waals surface area (Å²) in [5.41, 5.74) is -4.09. The minimum Gasteiger partial charge on any atom is -0.493 e. The van der Waals surface area contributed by atoms with Gasteiger partial charge in [0, 0.05) is 89.4 Å². The second kappa shape index (κ2) is 12.0. The Morgan fingerprint density at radius 2 is 1.67 bits per heavy atom. The summed E-state index contributed by atoms with van der Waals surface area (Å²) in [6, 6.07) is 4.56. The van der Waals surface area contributed by atoms with Gasteiger partial charge in [0.15, 0.2) is 11.5 Å². The fraction of sp³-hybridized carbons (Fsp3) is 0.778. The summed E-state index contributed by atoms with van der Waals surface area (Å²) in [5, 5.41) is 24.9. The molecular formula is C36H51NO12. The minimum atomic E-state index is -1.62. The first kappa shape index (κ1) is 34.9. The predicted octanol–water partition coefficient (Wildman–Crippen LogP) is 1.69. The number of hydrogen-bond donors (Lipinski definition) is 2. The average Bonchev–Trinajstić information content (AvgIpc) is 3.46. The Morgan fingerprint density at radius 1 is 0.959 bits per heavy atom. The van der Waals surface area contributed by atoms with Gasteiger partial charge in [0.2, 0.25) is 0 Å². The van der Waals surface area contributed by atoms with Crippen molar-refractivity contribution in [1.29, 1.82) is 0 Å². The maximum Gasteiger partial charge on any atom is 0.338 e. The summed E-state index contributed by atoms with van der Waals surface area (Å²) in [6.45, 7) is 4.99. The van der Waals surface area contributed by atoms with Crippen LogP contribution < -0.4 is 9.47 Å². The number of likely N-dealkylation sites (tertiary alicyclic amines) is 1. The van der Waals surface area contributed by atoms with E-state index in [0.717, 1.165) is 0 Å². The lowest BCUT2D eigenvalue weighted by Gasteiger charge is -2.70. The highest BCUT2D eigenvalue weighted by Crippen LogP contribution is 2.80. The molecule has 6 aliphatic rings. The van der Waals surface area contributed by atoms with E-state index >= 15 is 0 Å². The van der Waals surface area contributed by atoms with Crippen molar-refractivity contribution >= 4 is 11.9 Å². The molecule has 7 rings (SSSR count). The van der Waals surface area contributed by atoms with Crippen molar-refractivity contribution in [2.75, 3.05) is 62.4 Å². The molecule has 1 aromatic carbocycles. The molecular weight excluding hydrogens is 638 g/mol. The minimum absolute atomic E-state index is 0.185. The number of hydrogen-bond acceptors (Lipinski definition) is 13. The van der Waals surface area contributed by atoms with E-state index in [4.69, 9.17) is 37.9 Å². The number of rotatable bonds is 11. The number of esters is 2. The number of carbonyl (C=O) groups excluding carboxylic acids is 2. The Balaban J connectivity index is 1.46. The van der Waals surface area contributed by atoms with E-state index in [1.54, 1.807) is 39.5 Å². The zero-order valence-corrected chi connectivity index (χ0v) is 29.7. The van der Waals surface area contributed by atoms with Gasteiger partial charge in [0.1, 0.15) is 17.3 Å². The van der Waals surface area contributed by atoms with Gasteiger partial charge in [-0.15, -0.1) is 0 Å². The molecule has 1 saturated heterocycles. The number of aliphatic hydroxyl groups is 2. The van der Waals surface area contributed by atoms with Crippen molar-refractivity contribution in [2.24, 2.45) is 34.5 Å². The topological polar surface area (TPSA) is 152 Å². The van der Waals surface area contributed by atoms with Crippen LogP contribution in [0.4, 0.5) is 0 Å². The van der Waals surface area contributed by atoms with Gasteiger partial charge in [0.25, 0.3) is 0 Å². The molecule has 5 aliphatic carbocycles. The van der Waals surface area contributed by atoms with E-state index in [1.165, 1.54) is 28.3 Å². The van der Waals surface area contributed by atoms with Crippen LogP contribution in [-0.4, -0.2) is 137 Å². The summed E-state index contributed by atoms with van der Waals surface area (Å²) in [5.74, 6) is -2.07. The largest absolute Gasteiger partial charge is 0.493 e. The third-order valence-corrected chi connectivity index (χ3v) is 13.7. The smallest absolute Gasteiger partial charge is 0.338 e. The molecule has 272 valence electrons. The van der Waals surface area contributed by atoms with Crippen molar-refractivity contribution in [3.05, 3.63) is 23.8 Å². The molecule has 0 aromatic heterocycles. The lowest BCUT2D eigenvalue weighted by Crippen LogP contribution is -2.79. The molecule has 5 saturated carbocycles. The molecule has 1 aromatic rings. The number of piperidine rings is 1. The van der Waals surface area contributed by atoms with Crippen molar-refractivity contribution in [2.45, 2.75) is 80.9 Å². The standard InChI is InChI=1S/C36H51NO12/c1-9-37-16-33(17-42-3)23(39)13-24(45-6)36-20-14-34(41)25(46-7)15-35(49-18(2)38,27(30(36)37)28(47-8)29(33)36)26(20)31(34)48-32(40)19-10-11-21(43-4)22(12-19)44-5/h10-12,20,23-31,39,41H,9,13-17H2,1-8H3/t20?,23-,24?,25+,26?,27?,28?,29?,30?,31?,33+,34+,35-,36?/m1/s1. The Morgan fingerprint density at radius 3 is 2.27 bits per heavy atom. The summed E-state index contributed by atoms with van der Waals surface area (Å²) in [6.07, 6.45) is -2.89. The number of fused-ring (bicyclic) bond motifs is 2. The number of benzene rings is 1. The maximum atomic E-state index is 14.1. The molecule has 2 N–H and O–H groups in total. The first-order valence-corrected chi connectivity index (χ1v) is 17.3. The second-order valence-corrected chi connectivity index (χ2v) is 15.1. The molecule has 1 aliphatic heterocycles. The average molecular weight is 690 g/mol. The predicted molar refractivity (Wildman–Crippen MR) is 172 cm³/mol. The maximum absolute atomic E-state index is 14.1. The summed E-state index contributed by atoms with van der Waals surface area (Å²) in [7, 11) is 9.53. The number of ether oxygens (including phenoxy) is 8. The number of methoxy groups -OCH3 is 6. The SMILES string of the molecule is CCN1C[C@@]2(COC)C3C(OC)C4C1C3(C(OC)C[C@H]2O)C1C[C@@]2(O)C(OC(=O)c3ccc(OC)c(OC)c3)C1[C@]4(OC(C)=O)C[C@@H]2OC. The van der Waals surface area contributed by atoms with Gasteiger partial charge in [0.05, 0.1) is 50.8 Å². The quantitative estimate of drug-likeness (QED) is 0.325. The van der Waals surface area contributed by atoms with Gasteiger partial charge in [-0.1, -0.05) is 6.92 Å². The molecule has 13 nitrogen and oxygen atoms in total. The van der Waals surface area contributed by atoms with Crippen LogP contribution in [0.3, 0.4) is 0 Å². The van der Waals surface area contributed by atoms with Gasteiger partial charge in [-0.25, -0.2) is 4.79 Å². The van der Waals surface area contributed by atoms with Gasteiger partial charge < -0.3 is 48.1 Å². The van der Waals surface area contributed by atoms with Crippen LogP contribution in [0.1, 0.15) is 43.5 Å². The van der Waals surface area contributed by atoms with Crippen molar-refractivity contribution in [3.63, 3.8) is 0 Å². The number of carbonyl (C=O) groups is 2. The highest BCUT2D eigenvalue weighted by Gasteiger charge is 2.90. The molecule has 9 unspecified atom stereocenters. The van der Waals surface area contributed by atoms with E-state index in [-0.39, 0.29) is 42.9 Å². The summed E-state index contributed by atoms with van der Waals surface area (Å²) >= 11 is 0. The first-order chi connectivity index (χ1) is 23.4. The van der Waals surface area contributed by atoms with E-state index in [1.807, 2.05) is 0 Å². The van der Waals surface area contributed by atoms with Crippen molar-refractivity contribution in [3.8, 4) is 11.5 Å². The highest BCUT2D eigenvalue weighted by atomic mass is 16.6. The lowest BCUT2D eigenvalue weighted by atomic mass is 9.42. The normalized spacial score (nSPS) is 45.9. The summed E-state index contributed by atoms with van der Waals surface area (Å²) in [4.78, 5) is 29.8. The van der Waals surface area contributed by atoms with Gasteiger partial charge >= 0.3 is 11.9 Å². The molecule has 1 spiro atoms. The Kier molecular flexibility index (Phi) is 8.57. The summed E-state index contributed by atoms with van der Waals surface area (Å²) < 4.78 is 48.9. The zero-order valence-electron chi connectivity index (χ0n) is 29.7. The van der Waals surface area contributed by atoms with E-state index < -0.39 is 76.3 Å². The number of nitrogens with zero attached hydrogens (tertiary/aromatic N) is 1. The van der Waals surface area contributed by atoms with Crippen LogP contribution in [0.5, 0.6) is 11.5 Å². The molecule has 49 heavy (non-hydrogen) atoms. The third-order valence-electron chi connectivity index (χ3n) is 13.7. The fourth-order valence-electron chi connectivity index (χ4n) is 12.6. The van der Waals surface area contributed by atoms with Crippen molar-refractivity contribution < 1.29 is 57.7 Å². The lowest BCUT2D eigenvalue weighted by molar-refractivity contribution is -0.300. The molecule has 14 atom stereocenters. The van der Waals surface area contributed by atoms with E-state index in [2.05, 4.69) is 11.8 Å². The van der Waals surface area contributed by atoms with Crippen LogP contribution in [0.2, 0.25) is 0 Å². The fourth-order valence-corrected chi connectivity index (χ4v) is 12.6. The number of aliphatic hydroxyl groups excluding tert-OH is 1. The van der Waals surface area contributed by atoms with Gasteiger partial charge in [-0.3, -0.25) is 9.69 Å². The molecule has 0 amide bonds. The van der Waals surface area contributed by atoms with Crippen LogP contribution in [0.25, 0.3) is 0 Å².